The molecule has 2 saturated heterocycles. The van der Waals surface area contributed by atoms with Gasteiger partial charge in [0.25, 0.3) is 11.8 Å². The molecule has 4 aromatic rings. The fourth-order valence-electron chi connectivity index (χ4n) is 7.43. The molecule has 0 aliphatic carbocycles. The SMILES string of the molecule is COc1cc(N2CCC(NC(=O)CCCSc3cccc4c3C(=O)N(C3CCC(=O)NC3=O)C4=O)CC2)ccc1Nc1ncc(Cl)c(Nc2ccccc2P(=O)(OC)OC)n1. The van der Waals surface area contributed by atoms with Crippen LogP contribution in [0.2, 0.25) is 5.02 Å². The highest BCUT2D eigenvalue weighted by Crippen LogP contribution is 2.47. The van der Waals surface area contributed by atoms with Gasteiger partial charge >= 0.3 is 7.60 Å². The van der Waals surface area contributed by atoms with E-state index < -0.39 is 37.3 Å². The summed E-state index contributed by atoms with van der Waals surface area (Å²) in [5.74, 6) is -0.619. The Morgan fingerprint density at radius 3 is 2.46 bits per heavy atom. The molecule has 320 valence electrons. The van der Waals surface area contributed by atoms with Crippen molar-refractivity contribution in [3.05, 3.63) is 83.0 Å². The Morgan fingerprint density at radius 1 is 0.951 bits per heavy atom. The maximum Gasteiger partial charge on any atom is 0.362 e. The quantitative estimate of drug-likeness (QED) is 0.0454. The van der Waals surface area contributed by atoms with Crippen LogP contribution in [0, 0.1) is 0 Å². The molecule has 0 radical (unpaired) electrons. The van der Waals surface area contributed by atoms with Crippen molar-refractivity contribution < 1.29 is 42.3 Å². The van der Waals surface area contributed by atoms with Gasteiger partial charge in [-0.05, 0) is 67.8 Å². The average Bonchev–Trinajstić information content (AvgIpc) is 3.52. The van der Waals surface area contributed by atoms with E-state index >= 15 is 0 Å². The lowest BCUT2D eigenvalue weighted by Crippen LogP contribution is -2.54. The molecule has 0 bridgehead atoms. The number of nitrogens with zero attached hydrogens (tertiary/aromatic N) is 4. The zero-order valence-electron chi connectivity index (χ0n) is 33.6. The third kappa shape index (κ3) is 9.53. The first-order valence-electron chi connectivity index (χ1n) is 19.5. The molecule has 20 heteroatoms. The maximum absolute atomic E-state index is 13.4. The van der Waals surface area contributed by atoms with Crippen LogP contribution in [0.25, 0.3) is 0 Å². The fraction of sp³-hybridized carbons (Fsp3) is 0.341. The molecule has 4 heterocycles. The first kappa shape index (κ1) is 43.6. The molecular weight excluding hydrogens is 847 g/mol. The highest BCUT2D eigenvalue weighted by atomic mass is 35.5. The number of methoxy groups -OCH3 is 1. The minimum Gasteiger partial charge on any atom is -0.494 e. The molecule has 0 spiro atoms. The minimum absolute atomic E-state index is 0.0197. The van der Waals surface area contributed by atoms with Crippen LogP contribution in [-0.2, 0) is 28.0 Å². The Labute approximate surface area is 361 Å². The topological polar surface area (TPSA) is 210 Å². The van der Waals surface area contributed by atoms with Crippen molar-refractivity contribution in [2.24, 2.45) is 0 Å². The van der Waals surface area contributed by atoms with Crippen molar-refractivity contribution in [3.8, 4) is 5.75 Å². The summed E-state index contributed by atoms with van der Waals surface area (Å²) in [5.41, 5.74) is 2.50. The van der Waals surface area contributed by atoms with Crippen LogP contribution >= 0.6 is 31.0 Å². The predicted molar refractivity (Wildman–Crippen MR) is 231 cm³/mol. The number of halogens is 1. The summed E-state index contributed by atoms with van der Waals surface area (Å²) in [7, 11) is 0.612. The number of carbonyl (C=O) groups is 5. The van der Waals surface area contributed by atoms with Crippen molar-refractivity contribution >= 4 is 94.6 Å². The highest BCUT2D eigenvalue weighted by Gasteiger charge is 2.45. The van der Waals surface area contributed by atoms with Gasteiger partial charge in [-0.25, -0.2) is 4.98 Å². The normalized spacial score (nSPS) is 17.0. The second-order valence-corrected chi connectivity index (χ2v) is 18.1. The number of para-hydroxylation sites is 1. The van der Waals surface area contributed by atoms with E-state index in [0.29, 0.717) is 59.0 Å². The molecule has 4 N–H and O–H groups in total. The molecule has 1 unspecified atom stereocenters. The van der Waals surface area contributed by atoms with Gasteiger partial charge in [0.05, 0.1) is 41.1 Å². The summed E-state index contributed by atoms with van der Waals surface area (Å²) < 4.78 is 29.3. The lowest BCUT2D eigenvalue weighted by Gasteiger charge is -2.34. The van der Waals surface area contributed by atoms with Crippen molar-refractivity contribution in [1.82, 2.24) is 25.5 Å². The number of rotatable bonds is 16. The summed E-state index contributed by atoms with van der Waals surface area (Å²) >= 11 is 7.84. The molecular formula is C41H44ClN8O9PS. The molecule has 2 fully saturated rings. The number of ether oxygens (including phenoxy) is 1. The van der Waals surface area contributed by atoms with Crippen molar-refractivity contribution in [2.75, 3.05) is 55.7 Å². The van der Waals surface area contributed by atoms with Crippen LogP contribution < -0.4 is 36.2 Å². The van der Waals surface area contributed by atoms with Crippen LogP contribution in [0.3, 0.4) is 0 Å². The third-order valence-corrected chi connectivity index (χ3v) is 13.9. The largest absolute Gasteiger partial charge is 0.494 e. The molecule has 17 nitrogen and oxygen atoms in total. The Hall–Kier alpha value is -5.52. The zero-order valence-corrected chi connectivity index (χ0v) is 36.0. The molecule has 3 aliphatic rings. The van der Waals surface area contributed by atoms with E-state index in [4.69, 9.17) is 25.4 Å². The summed E-state index contributed by atoms with van der Waals surface area (Å²) in [5, 5.41) is 12.2. The van der Waals surface area contributed by atoms with Crippen LogP contribution in [0.1, 0.15) is 59.2 Å². The zero-order chi connectivity index (χ0) is 43.3. The number of hydrogen-bond acceptors (Lipinski definition) is 15. The molecule has 1 atom stereocenters. The van der Waals surface area contributed by atoms with Gasteiger partial charge in [0.2, 0.25) is 23.7 Å². The molecule has 61 heavy (non-hydrogen) atoms. The van der Waals surface area contributed by atoms with E-state index in [1.807, 2.05) is 18.2 Å². The average molecular weight is 891 g/mol. The number of imide groups is 2. The number of thioether (sulfide) groups is 1. The van der Waals surface area contributed by atoms with Gasteiger partial charge in [-0.3, -0.25) is 38.8 Å². The number of nitrogens with one attached hydrogen (secondary N) is 4. The first-order valence-corrected chi connectivity index (χ1v) is 22.4. The molecule has 3 aromatic carbocycles. The van der Waals surface area contributed by atoms with E-state index in [1.54, 1.807) is 49.6 Å². The van der Waals surface area contributed by atoms with E-state index in [1.165, 1.54) is 32.2 Å². The van der Waals surface area contributed by atoms with Gasteiger partial charge in [0.1, 0.15) is 16.8 Å². The Morgan fingerprint density at radius 2 is 1.72 bits per heavy atom. The second kappa shape index (κ2) is 19.0. The fourth-order valence-corrected chi connectivity index (χ4v) is 9.83. The number of piperidine rings is 2. The molecule has 7 rings (SSSR count). The van der Waals surface area contributed by atoms with Crippen LogP contribution in [0.5, 0.6) is 5.75 Å². The van der Waals surface area contributed by atoms with Crippen molar-refractivity contribution in [3.63, 3.8) is 0 Å². The van der Waals surface area contributed by atoms with Crippen LogP contribution in [0.15, 0.2) is 71.8 Å². The van der Waals surface area contributed by atoms with Crippen molar-refractivity contribution in [2.45, 2.75) is 55.5 Å². The number of carbonyl (C=O) groups excluding carboxylic acids is 5. The van der Waals surface area contributed by atoms with Gasteiger partial charge in [-0.1, -0.05) is 29.8 Å². The summed E-state index contributed by atoms with van der Waals surface area (Å²) in [6.07, 6.45) is 3.94. The monoisotopic (exact) mass is 890 g/mol. The highest BCUT2D eigenvalue weighted by molar-refractivity contribution is 7.99. The van der Waals surface area contributed by atoms with Gasteiger partial charge in [0, 0.05) is 62.8 Å². The van der Waals surface area contributed by atoms with Crippen LogP contribution in [-0.4, -0.2) is 96.7 Å². The van der Waals surface area contributed by atoms with E-state index in [0.717, 1.165) is 23.4 Å². The first-order chi connectivity index (χ1) is 29.4. The molecule has 5 amide bonds. The molecule has 3 aliphatic heterocycles. The van der Waals surface area contributed by atoms with E-state index in [-0.39, 0.29) is 52.7 Å². The van der Waals surface area contributed by atoms with Gasteiger partial charge < -0.3 is 34.6 Å². The van der Waals surface area contributed by atoms with E-state index in [9.17, 15) is 28.5 Å². The van der Waals surface area contributed by atoms with Gasteiger partial charge in [-0.15, -0.1) is 11.8 Å². The summed E-state index contributed by atoms with van der Waals surface area (Å²) in [4.78, 5) is 76.2. The Kier molecular flexibility index (Phi) is 13.6. The van der Waals surface area contributed by atoms with Crippen LogP contribution in [0.4, 0.5) is 28.8 Å². The van der Waals surface area contributed by atoms with Gasteiger partial charge in [0.15, 0.2) is 5.82 Å². The van der Waals surface area contributed by atoms with Crippen molar-refractivity contribution in [1.29, 1.82) is 0 Å². The maximum atomic E-state index is 13.4. The lowest BCUT2D eigenvalue weighted by atomic mass is 10.0. The standard InChI is InChI=1S/C41H44ClN8O9PS/c1-57-31-22-25(13-14-28(31)46-41-43-23-27(42)37(48-41)45-29-9-4-5-10-32(29)60(56,58-2)59-3)49-19-17-24(18-20-49)44-34(51)12-7-21-61-33-11-6-8-26-36(33)40(55)50(39(26)54)30-15-16-35(52)47-38(30)53/h4-6,8-11,13-14,22-24,30H,7,12,15-21H2,1-3H3,(H,44,51)(H,47,52,53)(H2,43,45,46,48). The summed E-state index contributed by atoms with van der Waals surface area (Å²) in [6, 6.07) is 16.6. The number of fused-ring (bicyclic) bond motifs is 1. The Bertz CT molecular complexity index is 2410. The lowest BCUT2D eigenvalue weighted by molar-refractivity contribution is -0.136. The smallest absolute Gasteiger partial charge is 0.362 e. The molecule has 0 saturated carbocycles. The number of benzene rings is 3. The van der Waals surface area contributed by atoms with Gasteiger partial charge in [-0.2, -0.15) is 4.98 Å². The Balaban J connectivity index is 0.887. The molecule has 1 aromatic heterocycles. The summed E-state index contributed by atoms with van der Waals surface area (Å²) in [6.45, 7) is 1.43. The number of aromatic nitrogens is 2. The second-order valence-electron chi connectivity index (χ2n) is 14.3. The minimum atomic E-state index is -3.59. The number of hydrogen-bond donors (Lipinski definition) is 4. The number of anilines is 5. The third-order valence-electron chi connectivity index (χ3n) is 10.6. The predicted octanol–water partition coefficient (Wildman–Crippen LogP) is 5.80. The number of amides is 5. The van der Waals surface area contributed by atoms with E-state index in [2.05, 4.69) is 36.1 Å².